The first kappa shape index (κ1) is 24.7. The number of pyridine rings is 1. The summed E-state index contributed by atoms with van der Waals surface area (Å²) in [6.07, 6.45) is 0.834. The Hall–Kier alpha value is -2.98. The van der Waals surface area contributed by atoms with Gasteiger partial charge in [-0.25, -0.2) is 8.42 Å². The summed E-state index contributed by atoms with van der Waals surface area (Å²) in [4.78, 5) is 19.3. The molecule has 1 saturated carbocycles. The summed E-state index contributed by atoms with van der Waals surface area (Å²) in [6.45, 7) is 0. The Bertz CT molecular complexity index is 1450. The zero-order chi connectivity index (χ0) is 26.0. The number of aromatic nitrogens is 1. The van der Waals surface area contributed by atoms with Crippen LogP contribution in [0, 0.1) is 5.92 Å². The number of aliphatic hydroxyl groups excluding tert-OH is 1. The van der Waals surface area contributed by atoms with Crippen molar-refractivity contribution in [1.29, 1.82) is 0 Å². The van der Waals surface area contributed by atoms with Crippen LogP contribution in [0.5, 0.6) is 5.75 Å². The molecule has 1 fully saturated rings. The highest BCUT2D eigenvalue weighted by Gasteiger charge is 2.78. The number of carbonyl (C=O) groups is 1. The first-order valence-corrected chi connectivity index (χ1v) is 13.5. The average molecular weight is 529 g/mol. The van der Waals surface area contributed by atoms with Crippen molar-refractivity contribution in [2.75, 3.05) is 20.4 Å². The smallest absolute Gasteiger partial charge is 0.228 e. The van der Waals surface area contributed by atoms with Crippen LogP contribution in [0.2, 0.25) is 5.02 Å². The lowest BCUT2D eigenvalue weighted by Crippen LogP contribution is -2.52. The molecule has 36 heavy (non-hydrogen) atoms. The van der Waals surface area contributed by atoms with E-state index in [1.807, 2.05) is 6.07 Å². The van der Waals surface area contributed by atoms with Crippen molar-refractivity contribution in [3.05, 3.63) is 88.7 Å². The molecule has 8 nitrogen and oxygen atoms in total. The van der Waals surface area contributed by atoms with Gasteiger partial charge in [-0.1, -0.05) is 54.1 Å². The van der Waals surface area contributed by atoms with Gasteiger partial charge in [-0.2, -0.15) is 0 Å². The average Bonchev–Trinajstić information content (AvgIpc) is 3.21. The Labute approximate surface area is 214 Å². The third-order valence-electron chi connectivity index (χ3n) is 7.18. The lowest BCUT2D eigenvalue weighted by Gasteiger charge is -2.40. The Morgan fingerprint density at radius 2 is 1.75 bits per heavy atom. The summed E-state index contributed by atoms with van der Waals surface area (Å²) in [5, 5.41) is 24.5. The van der Waals surface area contributed by atoms with Crippen molar-refractivity contribution >= 4 is 27.3 Å². The number of hydrogen-bond donors (Lipinski definition) is 2. The van der Waals surface area contributed by atoms with E-state index in [9.17, 15) is 23.4 Å². The molecular formula is C26H25ClN2O6S. The maximum Gasteiger partial charge on any atom is 0.228 e. The van der Waals surface area contributed by atoms with E-state index in [-0.39, 0.29) is 21.4 Å². The van der Waals surface area contributed by atoms with Crippen molar-refractivity contribution in [2.45, 2.75) is 28.1 Å². The summed E-state index contributed by atoms with van der Waals surface area (Å²) in [6, 6.07) is 16.5. The molecule has 5 atom stereocenters. The molecule has 0 spiro atoms. The molecule has 2 heterocycles. The van der Waals surface area contributed by atoms with E-state index in [1.54, 1.807) is 50.5 Å². The van der Waals surface area contributed by atoms with Crippen LogP contribution in [0.1, 0.15) is 22.7 Å². The number of carbonyl (C=O) groups excluding carboxylic acids is 1. The monoisotopic (exact) mass is 528 g/mol. The minimum absolute atomic E-state index is 0.0570. The van der Waals surface area contributed by atoms with Gasteiger partial charge in [-0.05, 0) is 23.3 Å². The number of nitrogens with zero attached hydrogens (tertiary/aromatic N) is 2. The predicted molar refractivity (Wildman–Crippen MR) is 132 cm³/mol. The second-order valence-corrected chi connectivity index (χ2v) is 11.9. The standard InChI is InChI=1S/C26H25ClN2O6S/c1-29(2)24(31)20-21(15-7-5-4-6-8-15)26(16-9-11-18(12-10-16)36(3,33)34)25(32,23(20)30)22-19(35-26)13-17(27)14-28-22/h4-14,20-21,23,30,32H,1-3H3. The highest BCUT2D eigenvalue weighted by molar-refractivity contribution is 7.90. The molecule has 5 rings (SSSR count). The zero-order valence-corrected chi connectivity index (χ0v) is 21.4. The van der Waals surface area contributed by atoms with Gasteiger partial charge in [0.05, 0.1) is 15.8 Å². The van der Waals surface area contributed by atoms with Crippen LogP contribution in [0.3, 0.4) is 0 Å². The SMILES string of the molecule is CN(C)C(=O)C1C(O)C2(O)c3ncc(Cl)cc3OC2(c2ccc(S(C)(=O)=O)cc2)C1c1ccccc1. The van der Waals surface area contributed by atoms with Gasteiger partial charge in [0.25, 0.3) is 0 Å². The number of ether oxygens (including phenoxy) is 1. The summed E-state index contributed by atoms with van der Waals surface area (Å²) >= 11 is 6.18. The number of amides is 1. The summed E-state index contributed by atoms with van der Waals surface area (Å²) in [5.41, 5.74) is -2.79. The fourth-order valence-corrected chi connectivity index (χ4v) is 6.43. The van der Waals surface area contributed by atoms with Crippen molar-refractivity contribution in [1.82, 2.24) is 9.88 Å². The topological polar surface area (TPSA) is 117 Å². The number of fused-ring (bicyclic) bond motifs is 3. The molecule has 10 heteroatoms. The van der Waals surface area contributed by atoms with Gasteiger partial charge in [0.15, 0.2) is 21.0 Å². The fourth-order valence-electron chi connectivity index (χ4n) is 5.65. The van der Waals surface area contributed by atoms with Crippen molar-refractivity contribution < 1.29 is 28.2 Å². The molecule has 2 aromatic carbocycles. The maximum absolute atomic E-state index is 13.5. The quantitative estimate of drug-likeness (QED) is 0.534. The normalized spacial score (nSPS) is 28.8. The van der Waals surface area contributed by atoms with Crippen LogP contribution in [-0.2, 0) is 25.8 Å². The zero-order valence-electron chi connectivity index (χ0n) is 19.8. The fraction of sp³-hybridized carbons (Fsp3) is 0.308. The lowest BCUT2D eigenvalue weighted by atomic mass is 9.71. The Morgan fingerprint density at radius 3 is 2.33 bits per heavy atom. The summed E-state index contributed by atoms with van der Waals surface area (Å²) in [7, 11) is -0.339. The molecule has 1 aromatic heterocycles. The number of hydrogen-bond acceptors (Lipinski definition) is 7. The van der Waals surface area contributed by atoms with Gasteiger partial charge in [-0.3, -0.25) is 9.78 Å². The minimum Gasteiger partial charge on any atom is -0.476 e. The van der Waals surface area contributed by atoms with Crippen LogP contribution >= 0.6 is 11.6 Å². The van der Waals surface area contributed by atoms with E-state index >= 15 is 0 Å². The van der Waals surface area contributed by atoms with Gasteiger partial charge in [0, 0.05) is 38.5 Å². The first-order chi connectivity index (χ1) is 16.9. The molecule has 2 aliphatic rings. The molecule has 1 amide bonds. The van der Waals surface area contributed by atoms with E-state index in [0.29, 0.717) is 11.1 Å². The largest absolute Gasteiger partial charge is 0.476 e. The molecule has 2 N–H and O–H groups in total. The molecule has 1 aliphatic carbocycles. The van der Waals surface area contributed by atoms with Crippen molar-refractivity contribution in [2.24, 2.45) is 5.92 Å². The van der Waals surface area contributed by atoms with Crippen LogP contribution < -0.4 is 4.74 Å². The van der Waals surface area contributed by atoms with E-state index in [1.165, 1.54) is 29.3 Å². The Kier molecular flexibility index (Phi) is 5.68. The number of halogens is 1. The Morgan fingerprint density at radius 1 is 1.11 bits per heavy atom. The highest BCUT2D eigenvalue weighted by Crippen LogP contribution is 2.68. The molecular weight excluding hydrogens is 504 g/mol. The van der Waals surface area contributed by atoms with Gasteiger partial charge >= 0.3 is 0 Å². The van der Waals surface area contributed by atoms with E-state index in [4.69, 9.17) is 16.3 Å². The van der Waals surface area contributed by atoms with Crippen molar-refractivity contribution in [3.63, 3.8) is 0 Å². The van der Waals surface area contributed by atoms with E-state index in [0.717, 1.165) is 6.26 Å². The number of aliphatic hydroxyl groups is 2. The molecule has 1 aliphatic heterocycles. The molecule has 3 aromatic rings. The molecule has 5 unspecified atom stereocenters. The third-order valence-corrected chi connectivity index (χ3v) is 8.51. The van der Waals surface area contributed by atoms with Crippen LogP contribution in [0.15, 0.2) is 71.8 Å². The maximum atomic E-state index is 13.5. The highest BCUT2D eigenvalue weighted by atomic mass is 35.5. The van der Waals surface area contributed by atoms with Crippen molar-refractivity contribution in [3.8, 4) is 5.75 Å². The number of benzene rings is 2. The molecule has 0 saturated heterocycles. The number of rotatable bonds is 4. The first-order valence-electron chi connectivity index (χ1n) is 11.2. The van der Waals surface area contributed by atoms with E-state index < -0.39 is 44.9 Å². The molecule has 0 bridgehead atoms. The van der Waals surface area contributed by atoms with Gasteiger partial charge in [-0.15, -0.1) is 0 Å². The summed E-state index contributed by atoms with van der Waals surface area (Å²) < 4.78 is 30.8. The second-order valence-electron chi connectivity index (χ2n) is 9.49. The minimum atomic E-state index is -3.50. The van der Waals surface area contributed by atoms with Gasteiger partial charge in [0.2, 0.25) is 5.91 Å². The van der Waals surface area contributed by atoms with Gasteiger partial charge < -0.3 is 19.8 Å². The number of sulfone groups is 1. The van der Waals surface area contributed by atoms with Gasteiger partial charge in [0.1, 0.15) is 17.5 Å². The molecule has 188 valence electrons. The summed E-state index contributed by atoms with van der Waals surface area (Å²) in [5.74, 6) is -2.20. The predicted octanol–water partition coefficient (Wildman–Crippen LogP) is 2.48. The van der Waals surface area contributed by atoms with E-state index in [2.05, 4.69) is 4.98 Å². The van der Waals surface area contributed by atoms with Crippen LogP contribution in [0.25, 0.3) is 0 Å². The van der Waals surface area contributed by atoms with Crippen LogP contribution in [0.4, 0.5) is 0 Å². The third kappa shape index (κ3) is 3.30. The lowest BCUT2D eigenvalue weighted by molar-refractivity contribution is -0.157. The second kappa shape index (κ2) is 8.27. The Balaban J connectivity index is 1.85. The molecule has 0 radical (unpaired) electrons. The van der Waals surface area contributed by atoms with Crippen LogP contribution in [-0.4, -0.2) is 60.9 Å².